The quantitative estimate of drug-likeness (QED) is 0.618. The molecule has 0 aliphatic carbocycles. The van der Waals surface area contributed by atoms with Crippen molar-refractivity contribution < 1.29 is 0 Å². The van der Waals surface area contributed by atoms with Crippen molar-refractivity contribution in [1.29, 1.82) is 0 Å². The van der Waals surface area contributed by atoms with Gasteiger partial charge < -0.3 is 11.1 Å². The van der Waals surface area contributed by atoms with Crippen LogP contribution in [0.2, 0.25) is 0 Å². The molecular weight excluding hydrogens is 316 g/mol. The van der Waals surface area contributed by atoms with Crippen LogP contribution < -0.4 is 16.6 Å². The predicted octanol–water partition coefficient (Wildman–Crippen LogP) is 3.69. The van der Waals surface area contributed by atoms with Crippen LogP contribution in [0.5, 0.6) is 0 Å². The number of aromatic amines is 1. The summed E-state index contributed by atoms with van der Waals surface area (Å²) in [5, 5.41) is 11.2. The number of nitrogen functional groups attached to an aromatic ring is 1. The van der Waals surface area contributed by atoms with Crippen molar-refractivity contribution in [2.45, 2.75) is 13.5 Å². The van der Waals surface area contributed by atoms with Crippen molar-refractivity contribution in [2.75, 3.05) is 11.1 Å². The van der Waals surface area contributed by atoms with Gasteiger partial charge in [-0.05, 0) is 24.6 Å². The monoisotopic (exact) mass is 334 g/mol. The molecule has 7 nitrogen and oxygen atoms in total. The number of nitrogens with two attached hydrogens (primary N) is 1. The number of hydrogen-bond acceptors (Lipinski definition) is 6. The lowest BCUT2D eigenvalue weighted by Gasteiger charge is -2.08. The van der Waals surface area contributed by atoms with Crippen LogP contribution in [0.3, 0.4) is 0 Å². The van der Waals surface area contributed by atoms with Crippen molar-refractivity contribution in [2.24, 2.45) is 10.2 Å². The molecule has 0 radical (unpaired) electrons. The van der Waals surface area contributed by atoms with E-state index in [-0.39, 0.29) is 11.6 Å². The van der Waals surface area contributed by atoms with Crippen LogP contribution in [0.25, 0.3) is 0 Å². The van der Waals surface area contributed by atoms with Crippen molar-refractivity contribution in [3.8, 4) is 0 Å². The molecule has 3 aromatic rings. The molecule has 1 heterocycles. The maximum absolute atomic E-state index is 12.2. The second-order valence-corrected chi connectivity index (χ2v) is 5.52. The first-order valence-electron chi connectivity index (χ1n) is 7.78. The highest BCUT2D eigenvalue weighted by Gasteiger charge is 2.10. The molecule has 0 saturated heterocycles. The minimum Gasteiger partial charge on any atom is -0.369 e. The Kier molecular flexibility index (Phi) is 4.84. The van der Waals surface area contributed by atoms with Crippen LogP contribution >= 0.6 is 0 Å². The first-order valence-corrected chi connectivity index (χ1v) is 7.78. The molecule has 7 heteroatoms. The molecule has 0 aliphatic heterocycles. The first-order chi connectivity index (χ1) is 12.1. The molecule has 0 saturated carbocycles. The minimum absolute atomic E-state index is 0.0232. The molecule has 0 aliphatic rings. The molecule has 2 aromatic carbocycles. The van der Waals surface area contributed by atoms with Crippen LogP contribution in [0.4, 0.5) is 23.1 Å². The van der Waals surface area contributed by atoms with Gasteiger partial charge in [-0.2, -0.15) is 10.1 Å². The van der Waals surface area contributed by atoms with E-state index < -0.39 is 5.56 Å². The fourth-order valence-corrected chi connectivity index (χ4v) is 2.19. The van der Waals surface area contributed by atoms with Crippen molar-refractivity contribution in [1.82, 2.24) is 9.97 Å². The lowest BCUT2D eigenvalue weighted by molar-refractivity contribution is 1.05. The topological polar surface area (TPSA) is 109 Å². The van der Waals surface area contributed by atoms with Crippen LogP contribution in [0.1, 0.15) is 11.1 Å². The Bertz CT molecular complexity index is 932. The van der Waals surface area contributed by atoms with Gasteiger partial charge in [-0.25, -0.2) is 0 Å². The van der Waals surface area contributed by atoms with E-state index in [1.807, 2.05) is 49.4 Å². The van der Waals surface area contributed by atoms with Gasteiger partial charge in [-0.1, -0.05) is 48.0 Å². The minimum atomic E-state index is -0.446. The number of H-pyrrole nitrogens is 1. The van der Waals surface area contributed by atoms with E-state index in [0.29, 0.717) is 18.1 Å². The predicted molar refractivity (Wildman–Crippen MR) is 98.4 cm³/mol. The number of anilines is 2. The fourth-order valence-electron chi connectivity index (χ4n) is 2.19. The summed E-state index contributed by atoms with van der Waals surface area (Å²) in [7, 11) is 0. The average molecular weight is 334 g/mol. The van der Waals surface area contributed by atoms with Gasteiger partial charge in [0.15, 0.2) is 11.5 Å². The molecule has 25 heavy (non-hydrogen) atoms. The number of nitrogens with zero attached hydrogens (tertiary/aromatic N) is 3. The van der Waals surface area contributed by atoms with Crippen LogP contribution in [-0.2, 0) is 6.54 Å². The maximum Gasteiger partial charge on any atom is 0.282 e. The largest absolute Gasteiger partial charge is 0.369 e. The van der Waals surface area contributed by atoms with Gasteiger partial charge >= 0.3 is 0 Å². The third-order valence-electron chi connectivity index (χ3n) is 3.52. The summed E-state index contributed by atoms with van der Waals surface area (Å²) in [6.07, 6.45) is 0. The Morgan fingerprint density at radius 3 is 2.52 bits per heavy atom. The van der Waals surface area contributed by atoms with E-state index in [0.717, 1.165) is 5.56 Å². The van der Waals surface area contributed by atoms with Crippen LogP contribution in [0, 0.1) is 6.92 Å². The van der Waals surface area contributed by atoms with Gasteiger partial charge in [0.25, 0.3) is 5.56 Å². The number of aryl methyl sites for hydroxylation is 1. The Morgan fingerprint density at radius 1 is 1.08 bits per heavy atom. The summed E-state index contributed by atoms with van der Waals surface area (Å²) >= 11 is 0. The number of azo groups is 1. The fraction of sp³-hybridized carbons (Fsp3) is 0.111. The van der Waals surface area contributed by atoms with Crippen molar-refractivity contribution in [3.05, 3.63) is 76.1 Å². The van der Waals surface area contributed by atoms with Gasteiger partial charge in [0, 0.05) is 6.54 Å². The lowest BCUT2D eigenvalue weighted by atomic mass is 10.1. The zero-order chi connectivity index (χ0) is 17.6. The molecule has 0 fully saturated rings. The zero-order valence-corrected chi connectivity index (χ0v) is 13.7. The van der Waals surface area contributed by atoms with E-state index in [1.165, 1.54) is 5.56 Å². The summed E-state index contributed by atoms with van der Waals surface area (Å²) in [4.78, 5) is 18.7. The van der Waals surface area contributed by atoms with E-state index in [9.17, 15) is 4.79 Å². The third kappa shape index (κ3) is 4.29. The van der Waals surface area contributed by atoms with Gasteiger partial charge in [-0.3, -0.25) is 9.78 Å². The highest BCUT2D eigenvalue weighted by molar-refractivity contribution is 5.60. The van der Waals surface area contributed by atoms with Gasteiger partial charge in [0.05, 0.1) is 5.69 Å². The molecule has 0 unspecified atom stereocenters. The number of nitrogens with one attached hydrogen (secondary N) is 2. The van der Waals surface area contributed by atoms with Crippen LogP contribution in [0.15, 0.2) is 69.6 Å². The second kappa shape index (κ2) is 7.39. The van der Waals surface area contributed by atoms with Crippen molar-refractivity contribution in [3.63, 3.8) is 0 Å². The Labute approximate surface area is 144 Å². The molecule has 3 rings (SSSR count). The summed E-state index contributed by atoms with van der Waals surface area (Å²) in [5.41, 5.74) is 8.16. The van der Waals surface area contributed by atoms with Gasteiger partial charge in [-0.15, -0.1) is 5.11 Å². The Balaban J connectivity index is 1.86. The number of benzene rings is 2. The molecule has 0 amide bonds. The summed E-state index contributed by atoms with van der Waals surface area (Å²) in [6, 6.07) is 17.2. The average Bonchev–Trinajstić information content (AvgIpc) is 2.61. The molecule has 0 atom stereocenters. The second-order valence-electron chi connectivity index (χ2n) is 5.52. The Morgan fingerprint density at radius 2 is 1.80 bits per heavy atom. The normalized spacial score (nSPS) is 10.9. The number of rotatable bonds is 5. The first kappa shape index (κ1) is 16.4. The van der Waals surface area contributed by atoms with E-state index in [4.69, 9.17) is 5.73 Å². The molecule has 4 N–H and O–H groups in total. The number of aromatic nitrogens is 2. The van der Waals surface area contributed by atoms with E-state index in [1.54, 1.807) is 12.1 Å². The smallest absolute Gasteiger partial charge is 0.282 e. The SMILES string of the molecule is Cc1ccc(CNc2nc(N)[nH]c(=O)c2N=Nc2ccccc2)cc1. The van der Waals surface area contributed by atoms with E-state index >= 15 is 0 Å². The molecular formula is C18H18N6O. The van der Waals surface area contributed by atoms with Gasteiger partial charge in [0.1, 0.15) is 0 Å². The van der Waals surface area contributed by atoms with Gasteiger partial charge in [0.2, 0.25) is 5.95 Å². The number of hydrogen-bond donors (Lipinski definition) is 3. The molecule has 1 aromatic heterocycles. The molecule has 0 spiro atoms. The van der Waals surface area contributed by atoms with E-state index in [2.05, 4.69) is 25.5 Å². The lowest BCUT2D eigenvalue weighted by Crippen LogP contribution is -2.14. The molecule has 0 bridgehead atoms. The summed E-state index contributed by atoms with van der Waals surface area (Å²) < 4.78 is 0. The molecule has 126 valence electrons. The highest BCUT2D eigenvalue weighted by atomic mass is 16.1. The zero-order valence-electron chi connectivity index (χ0n) is 13.7. The Hall–Kier alpha value is -3.48. The maximum atomic E-state index is 12.2. The standard InChI is InChI=1S/C18H18N6O/c1-12-7-9-13(10-8-12)11-20-16-15(17(25)22-18(19)21-16)24-23-14-5-3-2-4-6-14/h2-10H,11H2,1H3,(H4,19,20,21,22,25). The van der Waals surface area contributed by atoms with Crippen molar-refractivity contribution >= 4 is 23.1 Å². The van der Waals surface area contributed by atoms with Crippen LogP contribution in [-0.4, -0.2) is 9.97 Å². The summed E-state index contributed by atoms with van der Waals surface area (Å²) in [6.45, 7) is 2.52. The third-order valence-corrected chi connectivity index (χ3v) is 3.52. The highest BCUT2D eigenvalue weighted by Crippen LogP contribution is 2.22. The summed E-state index contributed by atoms with van der Waals surface area (Å²) in [5.74, 6) is 0.316.